The summed E-state index contributed by atoms with van der Waals surface area (Å²) in [7, 11) is 0. The fourth-order valence-corrected chi connectivity index (χ4v) is 3.02. The van der Waals surface area contributed by atoms with Crippen molar-refractivity contribution in [3.05, 3.63) is 71.3 Å². The van der Waals surface area contributed by atoms with Crippen molar-refractivity contribution in [1.29, 1.82) is 0 Å². The molecule has 2 aromatic rings. The Labute approximate surface area is 128 Å². The Hall–Kier alpha value is -2.00. The zero-order valence-corrected chi connectivity index (χ0v) is 12.7. The number of rotatable bonds is 4. The summed E-state index contributed by atoms with van der Waals surface area (Å²) >= 11 is 1.80. The third-order valence-corrected chi connectivity index (χ3v) is 4.15. The fourth-order valence-electron chi connectivity index (χ4n) is 2.50. The van der Waals surface area contributed by atoms with Gasteiger partial charge in [-0.2, -0.15) is 11.8 Å². The van der Waals surface area contributed by atoms with Crippen LogP contribution in [0, 0.1) is 0 Å². The van der Waals surface area contributed by atoms with Crippen LogP contribution in [0.3, 0.4) is 0 Å². The van der Waals surface area contributed by atoms with Crippen molar-refractivity contribution in [3.63, 3.8) is 0 Å². The van der Waals surface area contributed by atoms with Crippen LogP contribution in [-0.2, 0) is 15.3 Å². The predicted octanol–water partition coefficient (Wildman–Crippen LogP) is 4.02. The van der Waals surface area contributed by atoms with E-state index >= 15 is 0 Å². The van der Waals surface area contributed by atoms with Crippen LogP contribution in [0.15, 0.2) is 54.6 Å². The number of ether oxygens (including phenoxy) is 1. The number of thioether (sulfide) groups is 1. The minimum Gasteiger partial charge on any atom is -0.457 e. The largest absolute Gasteiger partial charge is 0.457 e. The Morgan fingerprint density at radius 2 is 1.71 bits per heavy atom. The molecule has 0 aromatic heterocycles. The molecule has 0 fully saturated rings. The molecule has 0 bridgehead atoms. The highest BCUT2D eigenvalue weighted by Crippen LogP contribution is 2.32. The van der Waals surface area contributed by atoms with Crippen LogP contribution in [0.25, 0.3) is 11.1 Å². The summed E-state index contributed by atoms with van der Waals surface area (Å²) in [6, 6.07) is 18.1. The average molecular weight is 296 g/mol. The zero-order chi connectivity index (χ0) is 14.7. The molecular weight excluding hydrogens is 280 g/mol. The fraction of sp³-hybridized carbons (Fsp3) is 0.167. The summed E-state index contributed by atoms with van der Waals surface area (Å²) in [5.74, 6) is 0.768. The number of benzene rings is 2. The van der Waals surface area contributed by atoms with E-state index in [0.29, 0.717) is 12.2 Å². The van der Waals surface area contributed by atoms with Crippen LogP contribution in [0.2, 0.25) is 0 Å². The first kappa shape index (κ1) is 14.0. The predicted molar refractivity (Wildman–Crippen MR) is 87.9 cm³/mol. The number of hydrogen-bond acceptors (Lipinski definition) is 3. The van der Waals surface area contributed by atoms with Gasteiger partial charge >= 0.3 is 5.97 Å². The Morgan fingerprint density at radius 1 is 1.00 bits per heavy atom. The van der Waals surface area contributed by atoms with Crippen LogP contribution in [-0.4, -0.2) is 18.8 Å². The molecule has 2 aromatic carbocycles. The van der Waals surface area contributed by atoms with Gasteiger partial charge in [0.2, 0.25) is 0 Å². The van der Waals surface area contributed by atoms with E-state index in [0.717, 1.165) is 22.5 Å². The minimum atomic E-state index is -0.232. The molecule has 1 aliphatic rings. The number of carbonyl (C=O) groups is 1. The SMILES string of the molecule is CSCc1ccc(C2=C(c3ccccc3)C(=O)OC2)cc1. The van der Waals surface area contributed by atoms with Crippen LogP contribution in [0.4, 0.5) is 0 Å². The summed E-state index contributed by atoms with van der Waals surface area (Å²) in [6.45, 7) is 0.352. The molecular formula is C18H16O2S. The summed E-state index contributed by atoms with van der Waals surface area (Å²) in [5.41, 5.74) is 4.93. The smallest absolute Gasteiger partial charge is 0.339 e. The summed E-state index contributed by atoms with van der Waals surface area (Å²) in [5, 5.41) is 0. The monoisotopic (exact) mass is 296 g/mol. The second kappa shape index (κ2) is 6.19. The summed E-state index contributed by atoms with van der Waals surface area (Å²) < 4.78 is 5.25. The maximum Gasteiger partial charge on any atom is 0.339 e. The molecule has 1 aliphatic heterocycles. The lowest BCUT2D eigenvalue weighted by Crippen LogP contribution is -1.98. The maximum atomic E-state index is 12.0. The first-order valence-electron chi connectivity index (χ1n) is 6.83. The van der Waals surface area contributed by atoms with Gasteiger partial charge in [0.25, 0.3) is 0 Å². The van der Waals surface area contributed by atoms with Gasteiger partial charge in [-0.05, 0) is 22.9 Å². The van der Waals surface area contributed by atoms with E-state index in [-0.39, 0.29) is 5.97 Å². The van der Waals surface area contributed by atoms with Gasteiger partial charge in [-0.25, -0.2) is 4.79 Å². The highest BCUT2D eigenvalue weighted by Gasteiger charge is 2.26. The second-order valence-corrected chi connectivity index (χ2v) is 5.79. The van der Waals surface area contributed by atoms with Crippen LogP contribution in [0.5, 0.6) is 0 Å². The molecule has 0 N–H and O–H groups in total. The first-order chi connectivity index (χ1) is 10.3. The van der Waals surface area contributed by atoms with Crippen LogP contribution >= 0.6 is 11.8 Å². The lowest BCUT2D eigenvalue weighted by molar-refractivity contribution is -0.133. The molecule has 2 nitrogen and oxygen atoms in total. The molecule has 0 unspecified atom stereocenters. The van der Waals surface area contributed by atoms with Gasteiger partial charge < -0.3 is 4.74 Å². The number of cyclic esters (lactones) is 1. The molecule has 0 spiro atoms. The molecule has 3 heteroatoms. The molecule has 3 rings (SSSR count). The van der Waals surface area contributed by atoms with E-state index < -0.39 is 0 Å². The normalized spacial score (nSPS) is 14.4. The lowest BCUT2D eigenvalue weighted by atomic mass is 9.96. The molecule has 0 atom stereocenters. The van der Waals surface area contributed by atoms with Crippen molar-refractivity contribution < 1.29 is 9.53 Å². The van der Waals surface area contributed by atoms with E-state index in [9.17, 15) is 4.79 Å². The summed E-state index contributed by atoms with van der Waals surface area (Å²) in [6.07, 6.45) is 2.09. The van der Waals surface area contributed by atoms with Gasteiger partial charge in [-0.15, -0.1) is 0 Å². The number of esters is 1. The molecule has 106 valence electrons. The molecule has 0 radical (unpaired) electrons. The maximum absolute atomic E-state index is 12.0. The highest BCUT2D eigenvalue weighted by molar-refractivity contribution is 7.97. The Kier molecular flexibility index (Phi) is 4.11. The minimum absolute atomic E-state index is 0.232. The Morgan fingerprint density at radius 3 is 2.38 bits per heavy atom. The van der Waals surface area contributed by atoms with E-state index in [2.05, 4.69) is 30.5 Å². The van der Waals surface area contributed by atoms with E-state index in [1.807, 2.05) is 30.3 Å². The van der Waals surface area contributed by atoms with Gasteiger partial charge in [0.05, 0.1) is 5.57 Å². The van der Waals surface area contributed by atoms with Crippen molar-refractivity contribution in [2.45, 2.75) is 5.75 Å². The Balaban J connectivity index is 2.02. The van der Waals surface area contributed by atoms with E-state index in [1.54, 1.807) is 11.8 Å². The molecule has 0 saturated heterocycles. The van der Waals surface area contributed by atoms with Crippen molar-refractivity contribution in [1.82, 2.24) is 0 Å². The Bertz CT molecular complexity index is 672. The van der Waals surface area contributed by atoms with Crippen LogP contribution < -0.4 is 0 Å². The standard InChI is InChI=1S/C18H16O2S/c1-21-12-13-7-9-14(10-8-13)16-11-20-18(19)17(16)15-5-3-2-4-6-15/h2-10H,11-12H2,1H3. The van der Waals surface area contributed by atoms with Crippen molar-refractivity contribution >= 4 is 28.9 Å². The van der Waals surface area contributed by atoms with Gasteiger partial charge in [0.1, 0.15) is 6.61 Å². The van der Waals surface area contributed by atoms with Gasteiger partial charge in [-0.1, -0.05) is 54.6 Å². The third-order valence-electron chi connectivity index (χ3n) is 3.53. The van der Waals surface area contributed by atoms with Crippen molar-refractivity contribution in [3.8, 4) is 0 Å². The quantitative estimate of drug-likeness (QED) is 0.797. The van der Waals surface area contributed by atoms with Crippen LogP contribution in [0.1, 0.15) is 16.7 Å². The van der Waals surface area contributed by atoms with Gasteiger partial charge in [0, 0.05) is 11.3 Å². The van der Waals surface area contributed by atoms with Gasteiger partial charge in [0.15, 0.2) is 0 Å². The average Bonchev–Trinajstić information content (AvgIpc) is 2.91. The molecule has 0 amide bonds. The topological polar surface area (TPSA) is 26.3 Å². The first-order valence-corrected chi connectivity index (χ1v) is 8.23. The van der Waals surface area contributed by atoms with E-state index in [4.69, 9.17) is 4.74 Å². The highest BCUT2D eigenvalue weighted by atomic mass is 32.2. The number of carbonyl (C=O) groups excluding carboxylic acids is 1. The van der Waals surface area contributed by atoms with Gasteiger partial charge in [-0.3, -0.25) is 0 Å². The molecule has 1 heterocycles. The van der Waals surface area contributed by atoms with E-state index in [1.165, 1.54) is 5.56 Å². The molecule has 21 heavy (non-hydrogen) atoms. The zero-order valence-electron chi connectivity index (χ0n) is 11.8. The second-order valence-electron chi connectivity index (χ2n) is 4.93. The number of hydrogen-bond donors (Lipinski definition) is 0. The third kappa shape index (κ3) is 2.88. The molecule has 0 saturated carbocycles. The van der Waals surface area contributed by atoms with Crippen molar-refractivity contribution in [2.24, 2.45) is 0 Å². The molecule has 0 aliphatic carbocycles. The van der Waals surface area contributed by atoms with Crippen molar-refractivity contribution in [2.75, 3.05) is 12.9 Å². The summed E-state index contributed by atoms with van der Waals surface area (Å²) in [4.78, 5) is 12.0. The lowest BCUT2D eigenvalue weighted by Gasteiger charge is -2.06.